The van der Waals surface area contributed by atoms with E-state index in [0.717, 1.165) is 18.9 Å². The van der Waals surface area contributed by atoms with Crippen LogP contribution in [0.2, 0.25) is 0 Å². The van der Waals surface area contributed by atoms with E-state index >= 15 is 0 Å². The quantitative estimate of drug-likeness (QED) is 0.308. The van der Waals surface area contributed by atoms with Gasteiger partial charge < -0.3 is 16.4 Å². The van der Waals surface area contributed by atoms with Gasteiger partial charge in [0.2, 0.25) is 0 Å². The molecule has 0 radical (unpaired) electrons. The molecule has 8 heteroatoms. The molecule has 5 N–H and O–H groups in total. The first-order chi connectivity index (χ1) is 9.65. The summed E-state index contributed by atoms with van der Waals surface area (Å²) in [6.07, 6.45) is 5.47. The molecule has 122 valence electrons. The maximum Gasteiger partial charge on any atom is 0.264 e. The third-order valence-electron chi connectivity index (χ3n) is 2.65. The fourth-order valence-electron chi connectivity index (χ4n) is 1.66. The number of piperidine rings is 1. The Morgan fingerprint density at radius 1 is 1.33 bits per heavy atom. The van der Waals surface area contributed by atoms with E-state index in [9.17, 15) is 8.42 Å². The smallest absolute Gasteiger partial charge is 0.264 e. The molecule has 7 nitrogen and oxygen atoms in total. The van der Waals surface area contributed by atoms with Crippen molar-refractivity contribution < 1.29 is 13.0 Å². The van der Waals surface area contributed by atoms with Crippen molar-refractivity contribution in [1.29, 1.82) is 0 Å². The van der Waals surface area contributed by atoms with Crippen LogP contribution in [0.5, 0.6) is 0 Å². The van der Waals surface area contributed by atoms with E-state index in [-0.39, 0.29) is 5.75 Å². The van der Waals surface area contributed by atoms with E-state index in [1.165, 1.54) is 26.2 Å². The highest BCUT2D eigenvalue weighted by molar-refractivity contribution is 7.85. The Morgan fingerprint density at radius 3 is 2.14 bits per heavy atom. The van der Waals surface area contributed by atoms with Crippen LogP contribution < -0.4 is 11.5 Å². The number of nitrogens with zero attached hydrogens (tertiary/aromatic N) is 2. The molecule has 1 fully saturated rings. The van der Waals surface area contributed by atoms with E-state index in [1.807, 2.05) is 0 Å². The third-order valence-corrected chi connectivity index (χ3v) is 3.38. The Bertz CT molecular complexity index is 488. The molecule has 0 aromatic rings. The maximum atomic E-state index is 9.56. The minimum atomic E-state index is -3.66. The van der Waals surface area contributed by atoms with Crippen LogP contribution in [0.15, 0.2) is 29.2 Å². The Balaban J connectivity index is 0.000000567. The van der Waals surface area contributed by atoms with Crippen molar-refractivity contribution in [1.82, 2.24) is 4.90 Å². The summed E-state index contributed by atoms with van der Waals surface area (Å²) >= 11 is 0. The summed E-state index contributed by atoms with van der Waals surface area (Å²) < 4.78 is 26.9. The average molecular weight is 318 g/mol. The van der Waals surface area contributed by atoms with Crippen molar-refractivity contribution in [2.75, 3.05) is 18.8 Å². The lowest BCUT2D eigenvalue weighted by molar-refractivity contribution is 0.283. The number of nitrogens with two attached hydrogens (primary N) is 2. The highest BCUT2D eigenvalue weighted by Crippen LogP contribution is 2.16. The monoisotopic (exact) mass is 318 g/mol. The second kappa shape index (κ2) is 9.41. The largest absolute Gasteiger partial charge is 0.399 e. The molecule has 0 saturated carbocycles. The van der Waals surface area contributed by atoms with Crippen LogP contribution >= 0.6 is 0 Å². The van der Waals surface area contributed by atoms with Crippen molar-refractivity contribution in [2.45, 2.75) is 33.1 Å². The fraction of sp³-hybridized carbons (Fsp3) is 0.615. The molecular weight excluding hydrogens is 292 g/mol. The minimum absolute atomic E-state index is 0.201. The lowest BCUT2D eigenvalue weighted by Crippen LogP contribution is -2.29. The minimum Gasteiger partial charge on any atom is -0.399 e. The van der Waals surface area contributed by atoms with Gasteiger partial charge in [0, 0.05) is 24.9 Å². The van der Waals surface area contributed by atoms with Gasteiger partial charge in [-0.25, -0.2) is 4.99 Å². The van der Waals surface area contributed by atoms with E-state index < -0.39 is 10.1 Å². The van der Waals surface area contributed by atoms with Gasteiger partial charge in [-0.3, -0.25) is 4.55 Å². The summed E-state index contributed by atoms with van der Waals surface area (Å²) in [6.45, 7) is 8.85. The average Bonchev–Trinajstić information content (AvgIpc) is 2.38. The molecule has 0 aromatic carbocycles. The zero-order valence-electron chi connectivity index (χ0n) is 12.7. The highest BCUT2D eigenvalue weighted by atomic mass is 32.2. The predicted molar refractivity (Wildman–Crippen MR) is 86.2 cm³/mol. The molecule has 0 unspecified atom stereocenters. The molecule has 1 aliphatic rings. The van der Waals surface area contributed by atoms with Crippen molar-refractivity contribution in [3.05, 3.63) is 24.2 Å². The van der Waals surface area contributed by atoms with Gasteiger partial charge in [-0.05, 0) is 33.1 Å². The van der Waals surface area contributed by atoms with E-state index in [2.05, 4.69) is 16.5 Å². The maximum absolute atomic E-state index is 9.56. The molecule has 1 saturated heterocycles. The first-order valence-corrected chi connectivity index (χ1v) is 8.43. The Hall–Kier alpha value is -1.54. The van der Waals surface area contributed by atoms with Crippen LogP contribution in [0.3, 0.4) is 0 Å². The van der Waals surface area contributed by atoms with Gasteiger partial charge in [-0.15, -0.1) is 0 Å². The normalized spacial score (nSPS) is 17.0. The van der Waals surface area contributed by atoms with Crippen LogP contribution in [0.4, 0.5) is 0 Å². The summed E-state index contributed by atoms with van der Waals surface area (Å²) in [6, 6.07) is 0. The lowest BCUT2D eigenvalue weighted by Gasteiger charge is -2.28. The highest BCUT2D eigenvalue weighted by Gasteiger charge is 2.12. The van der Waals surface area contributed by atoms with Crippen molar-refractivity contribution in [3.63, 3.8) is 0 Å². The van der Waals surface area contributed by atoms with Crippen LogP contribution in [0.1, 0.15) is 33.1 Å². The Kier molecular flexibility index (Phi) is 8.72. The molecule has 0 bridgehead atoms. The summed E-state index contributed by atoms with van der Waals surface area (Å²) in [5, 5.41) is 0. The number of hydrogen-bond donors (Lipinski definition) is 3. The zero-order valence-corrected chi connectivity index (χ0v) is 13.6. The molecule has 21 heavy (non-hydrogen) atoms. The zero-order chi connectivity index (χ0) is 16.5. The molecule has 1 heterocycles. The van der Waals surface area contributed by atoms with Crippen molar-refractivity contribution in [3.8, 4) is 0 Å². The molecule has 0 amide bonds. The molecule has 0 spiro atoms. The van der Waals surface area contributed by atoms with Gasteiger partial charge in [0.25, 0.3) is 10.1 Å². The number of hydrogen-bond acceptors (Lipinski definition) is 5. The van der Waals surface area contributed by atoms with Crippen molar-refractivity contribution >= 4 is 16.0 Å². The molecule has 0 atom stereocenters. The van der Waals surface area contributed by atoms with Crippen molar-refractivity contribution in [2.24, 2.45) is 16.5 Å². The molecule has 1 aliphatic heterocycles. The van der Waals surface area contributed by atoms with Crippen LogP contribution in [0.25, 0.3) is 0 Å². The van der Waals surface area contributed by atoms with E-state index in [4.69, 9.17) is 16.0 Å². The Morgan fingerprint density at radius 2 is 1.81 bits per heavy atom. The molecule has 1 rings (SSSR count). The second-order valence-electron chi connectivity index (χ2n) is 4.75. The SMILES string of the molecule is C=C(N)/C=C(\N=C(/C)N)N1CCCCC1.CCS(=O)(=O)O. The number of aliphatic imine (C=N–C) groups is 1. The number of likely N-dealkylation sites (tertiary alicyclic amines) is 1. The summed E-state index contributed by atoms with van der Waals surface area (Å²) in [4.78, 5) is 6.49. The molecule has 0 aliphatic carbocycles. The van der Waals surface area contributed by atoms with E-state index in [0.29, 0.717) is 11.5 Å². The fourth-order valence-corrected chi connectivity index (χ4v) is 1.66. The second-order valence-corrected chi connectivity index (χ2v) is 6.49. The van der Waals surface area contributed by atoms with Gasteiger partial charge in [-0.1, -0.05) is 6.58 Å². The van der Waals surface area contributed by atoms with Crippen LogP contribution in [-0.4, -0.2) is 42.5 Å². The first-order valence-electron chi connectivity index (χ1n) is 6.82. The number of allylic oxidation sites excluding steroid dienone is 1. The number of amidine groups is 1. The van der Waals surface area contributed by atoms with Gasteiger partial charge >= 0.3 is 0 Å². The van der Waals surface area contributed by atoms with Crippen LogP contribution in [-0.2, 0) is 10.1 Å². The van der Waals surface area contributed by atoms with Gasteiger partial charge in [0.15, 0.2) is 0 Å². The van der Waals surface area contributed by atoms with E-state index in [1.54, 1.807) is 13.0 Å². The number of rotatable bonds is 4. The first kappa shape index (κ1) is 19.5. The third kappa shape index (κ3) is 10.9. The standard InChI is InChI=1S/C11H20N4.C2H6O3S/c1-9(12)8-11(14-10(2)13)15-6-4-3-5-7-15;1-2-6(3,4)5/h8H,1,3-7,12H2,2H3,(H2,13,14);2H2,1H3,(H,3,4,5)/b11-8+;. The topological polar surface area (TPSA) is 122 Å². The van der Waals surface area contributed by atoms with Gasteiger partial charge in [0.05, 0.1) is 11.6 Å². The van der Waals surface area contributed by atoms with Crippen LogP contribution in [0, 0.1) is 0 Å². The predicted octanol–water partition coefficient (Wildman–Crippen LogP) is 1.06. The summed E-state index contributed by atoms with van der Waals surface area (Å²) in [5.74, 6) is 1.18. The summed E-state index contributed by atoms with van der Waals surface area (Å²) in [5.41, 5.74) is 11.7. The lowest BCUT2D eigenvalue weighted by atomic mass is 10.1. The van der Waals surface area contributed by atoms with Gasteiger partial charge in [0.1, 0.15) is 5.82 Å². The molecular formula is C13H26N4O3S. The Labute approximate surface area is 127 Å². The van der Waals surface area contributed by atoms with Gasteiger partial charge in [-0.2, -0.15) is 8.42 Å². The molecule has 0 aromatic heterocycles. The summed E-state index contributed by atoms with van der Waals surface area (Å²) in [7, 11) is -3.66.